The summed E-state index contributed by atoms with van der Waals surface area (Å²) in [6, 6.07) is 11.5. The highest BCUT2D eigenvalue weighted by atomic mass is 35.5. The van der Waals surface area contributed by atoms with E-state index in [2.05, 4.69) is 50.7 Å². The number of nitrogens with one attached hydrogen (secondary N) is 5. The molecule has 0 radical (unpaired) electrons. The minimum atomic E-state index is -1.47. The number of hydrogen-bond donors (Lipinski definition) is 8. The molecule has 4 aromatic heterocycles. The zero-order valence-electron chi connectivity index (χ0n) is 37.5. The molecule has 0 saturated carbocycles. The second-order valence-electron chi connectivity index (χ2n) is 14.9. The molecular weight excluding hydrogens is 930 g/mol. The van der Waals surface area contributed by atoms with Crippen molar-refractivity contribution in [2.75, 3.05) is 37.9 Å². The minimum Gasteiger partial charge on any atom is -0.467 e. The maximum atomic E-state index is 13.7. The van der Waals surface area contributed by atoms with Gasteiger partial charge >= 0.3 is 17.9 Å². The van der Waals surface area contributed by atoms with Crippen LogP contribution in [-0.2, 0) is 28.7 Å². The Bertz CT molecular complexity index is 3050. The van der Waals surface area contributed by atoms with Crippen molar-refractivity contribution in [1.29, 1.82) is 0 Å². The summed E-state index contributed by atoms with van der Waals surface area (Å²) in [7, 11) is 2.33. The zero-order chi connectivity index (χ0) is 49.6. The summed E-state index contributed by atoms with van der Waals surface area (Å²) in [5, 5.41) is 33.7. The van der Waals surface area contributed by atoms with Gasteiger partial charge in [0.15, 0.2) is 12.2 Å². The molecule has 69 heavy (non-hydrogen) atoms. The van der Waals surface area contributed by atoms with Crippen LogP contribution in [0.4, 0.5) is 20.2 Å². The smallest absolute Gasteiger partial charge is 0.367 e. The van der Waals surface area contributed by atoms with E-state index in [0.717, 1.165) is 12.0 Å². The topological polar surface area (TPSA) is 308 Å². The number of nitrogens with two attached hydrogens (primary N) is 1. The van der Waals surface area contributed by atoms with Gasteiger partial charge in [-0.3, -0.25) is 14.4 Å². The molecule has 0 unspecified atom stereocenters. The average Bonchev–Trinajstić information content (AvgIpc) is 4.10. The van der Waals surface area contributed by atoms with Gasteiger partial charge < -0.3 is 56.2 Å². The largest absolute Gasteiger partial charge is 0.467 e. The molecule has 6 heterocycles. The normalized spacial score (nSPS) is 14.2. The monoisotopic (exact) mass is 974 g/mol. The molecule has 3 amide bonds. The van der Waals surface area contributed by atoms with Gasteiger partial charge in [-0.25, -0.2) is 28.1 Å². The standard InChI is InChI=1S/C21H15FN6O3.C20H20FN3O5.C4H9NO3.ClH/c1-10-17(9-14-13-8-12(22)5-6-15(13)25-20(14)29)24-11(2)18(10)21(30)31-28-19-16(26-27-28)4-3-7-23-19;1-9-15(7-13-12-6-11(21)4-5-14(12)24-18(13)26)23-10(2)17(9)19(27)22-8-16(25)20(28)29-3;1-8-4(7)3(6)2-5;/h3-9,24H,1-2H3,(H,25,29);4-7,16,23,25H,8H2,1-3H3,(H,22,27)(H,24,26);3,6H,2,5H2,1H3;1H/b14-9-;13-7-;;/t;16-;3-;/m.00./s1. The first kappa shape index (κ1) is 51.9. The number of methoxy groups -OCH3 is 2. The number of nitrogens with zero attached hydrogens (tertiary/aromatic N) is 4. The van der Waals surface area contributed by atoms with Crippen LogP contribution >= 0.6 is 12.4 Å². The Morgan fingerprint density at radius 1 is 0.797 bits per heavy atom. The number of H-pyrrole nitrogens is 2. The molecule has 2 aliphatic rings. The number of aliphatic hydroxyl groups excluding tert-OH is 2. The second-order valence-corrected chi connectivity index (χ2v) is 14.9. The van der Waals surface area contributed by atoms with E-state index in [4.69, 9.17) is 15.7 Å². The summed E-state index contributed by atoms with van der Waals surface area (Å²) < 4.78 is 35.8. The Labute approximate surface area is 396 Å². The maximum Gasteiger partial charge on any atom is 0.367 e. The third-order valence-electron chi connectivity index (χ3n) is 10.5. The summed E-state index contributed by atoms with van der Waals surface area (Å²) in [5.41, 5.74) is 12.1. The Hall–Kier alpha value is -8.12. The van der Waals surface area contributed by atoms with Crippen LogP contribution in [-0.4, -0.2) is 115 Å². The molecule has 362 valence electrons. The molecule has 2 atom stereocenters. The van der Waals surface area contributed by atoms with Gasteiger partial charge in [-0.1, -0.05) is 0 Å². The lowest BCUT2D eigenvalue weighted by molar-refractivity contribution is -0.150. The summed E-state index contributed by atoms with van der Waals surface area (Å²) >= 11 is 0. The van der Waals surface area contributed by atoms with Gasteiger partial charge in [-0.15, -0.1) is 17.5 Å². The number of anilines is 2. The van der Waals surface area contributed by atoms with Crippen molar-refractivity contribution < 1.29 is 62.1 Å². The third-order valence-corrected chi connectivity index (χ3v) is 10.5. The number of amides is 3. The fourth-order valence-electron chi connectivity index (χ4n) is 7.04. The summed E-state index contributed by atoms with van der Waals surface area (Å²) in [6.07, 6.45) is 2.05. The first-order valence-electron chi connectivity index (χ1n) is 20.3. The van der Waals surface area contributed by atoms with Crippen LogP contribution in [0.5, 0.6) is 0 Å². The number of aryl methyl sites for hydroxylation is 2. The molecule has 0 aliphatic carbocycles. The molecule has 6 aromatic rings. The van der Waals surface area contributed by atoms with Crippen LogP contribution in [0.15, 0.2) is 54.7 Å². The lowest BCUT2D eigenvalue weighted by atomic mass is 10.0. The number of rotatable bonds is 10. The van der Waals surface area contributed by atoms with Gasteiger partial charge in [-0.2, -0.15) is 0 Å². The fourth-order valence-corrected chi connectivity index (χ4v) is 7.04. The van der Waals surface area contributed by atoms with Gasteiger partial charge in [0.2, 0.25) is 5.65 Å². The molecule has 0 spiro atoms. The number of pyridine rings is 1. The van der Waals surface area contributed by atoms with E-state index in [-0.39, 0.29) is 42.9 Å². The Morgan fingerprint density at radius 2 is 1.30 bits per heavy atom. The first-order valence-corrected chi connectivity index (χ1v) is 20.3. The molecule has 21 nitrogen and oxygen atoms in total. The van der Waals surface area contributed by atoms with Gasteiger partial charge in [0.25, 0.3) is 17.7 Å². The molecule has 0 bridgehead atoms. The summed E-state index contributed by atoms with van der Waals surface area (Å²) in [5.74, 6) is -4.32. The molecule has 9 N–H and O–H groups in total. The van der Waals surface area contributed by atoms with Crippen molar-refractivity contribution in [3.05, 3.63) is 123 Å². The molecule has 0 saturated heterocycles. The first-order chi connectivity index (χ1) is 32.4. The highest BCUT2D eigenvalue weighted by Crippen LogP contribution is 2.36. The van der Waals surface area contributed by atoms with E-state index in [1.807, 2.05) is 0 Å². The SMILES string of the molecule is COC(=O)[C@@H](O)CN.COC(=O)[C@@H](O)CNC(=O)c1c(C)[nH]c(/C=C2\C(=O)Nc3ccc(F)cc32)c1C.Cc1[nH]c(/C=C2\C(=O)Nc3ccc(F)cc32)c(C)c1C(=O)On1nnc2cccnc21.Cl. The number of carbonyl (C=O) groups excluding carboxylic acids is 6. The lowest BCUT2D eigenvalue weighted by Crippen LogP contribution is -2.37. The average molecular weight is 975 g/mol. The highest BCUT2D eigenvalue weighted by molar-refractivity contribution is 6.35. The molecule has 24 heteroatoms. The fraction of sp³-hybridized carbons (Fsp3) is 0.222. The molecule has 2 aromatic carbocycles. The van der Waals surface area contributed by atoms with Crippen LogP contribution in [0.25, 0.3) is 34.5 Å². The van der Waals surface area contributed by atoms with E-state index in [0.29, 0.717) is 84.3 Å². The van der Waals surface area contributed by atoms with Crippen molar-refractivity contribution >= 4 is 93.9 Å². The lowest BCUT2D eigenvalue weighted by Gasteiger charge is -2.10. The van der Waals surface area contributed by atoms with Crippen LogP contribution in [0, 0.1) is 39.3 Å². The Kier molecular flexibility index (Phi) is 16.6. The summed E-state index contributed by atoms with van der Waals surface area (Å²) in [4.78, 5) is 88.0. The number of halogens is 3. The third kappa shape index (κ3) is 11.4. The number of fused-ring (bicyclic) bond motifs is 3. The van der Waals surface area contributed by atoms with E-state index >= 15 is 0 Å². The number of aliphatic hydroxyl groups is 2. The predicted molar refractivity (Wildman–Crippen MR) is 247 cm³/mol. The van der Waals surface area contributed by atoms with Crippen LogP contribution in [0.1, 0.15) is 65.7 Å². The Balaban J connectivity index is 0.000000220. The molecule has 8 rings (SSSR count). The molecular formula is C45H45ClF2N10O11. The van der Waals surface area contributed by atoms with E-state index in [1.165, 1.54) is 43.5 Å². The van der Waals surface area contributed by atoms with Gasteiger partial charge in [0.05, 0.1) is 43.0 Å². The zero-order valence-corrected chi connectivity index (χ0v) is 38.3. The van der Waals surface area contributed by atoms with Crippen LogP contribution in [0.2, 0.25) is 0 Å². The Morgan fingerprint density at radius 3 is 1.81 bits per heavy atom. The van der Waals surface area contributed by atoms with Gasteiger partial charge in [0.1, 0.15) is 17.2 Å². The van der Waals surface area contributed by atoms with Gasteiger partial charge in [-0.05, 0) is 110 Å². The van der Waals surface area contributed by atoms with Crippen LogP contribution < -0.4 is 26.5 Å². The van der Waals surface area contributed by atoms with Crippen LogP contribution in [0.3, 0.4) is 0 Å². The van der Waals surface area contributed by atoms with Crippen molar-refractivity contribution in [3.8, 4) is 0 Å². The van der Waals surface area contributed by atoms with E-state index < -0.39 is 47.7 Å². The van der Waals surface area contributed by atoms with E-state index in [1.54, 1.807) is 58.2 Å². The minimum absolute atomic E-state index is 0. The van der Waals surface area contributed by atoms with Crippen molar-refractivity contribution in [2.24, 2.45) is 5.73 Å². The van der Waals surface area contributed by atoms with Gasteiger partial charge in [0, 0.05) is 58.0 Å². The number of ether oxygens (including phenoxy) is 2. The number of hydrogen-bond acceptors (Lipinski definition) is 15. The molecule has 0 fully saturated rings. The van der Waals surface area contributed by atoms with Crippen molar-refractivity contribution in [2.45, 2.75) is 39.9 Å². The number of carbonyl (C=O) groups is 6. The number of aromatic nitrogens is 6. The number of esters is 2. The quantitative estimate of drug-likeness (QED) is 0.0556. The second kappa shape index (κ2) is 22.1. The molecule has 2 aliphatic heterocycles. The van der Waals surface area contributed by atoms with Crippen molar-refractivity contribution in [3.63, 3.8) is 0 Å². The highest BCUT2D eigenvalue weighted by Gasteiger charge is 2.29. The predicted octanol–water partition coefficient (Wildman–Crippen LogP) is 3.10. The number of aromatic amines is 2. The van der Waals surface area contributed by atoms with E-state index in [9.17, 15) is 42.7 Å². The summed E-state index contributed by atoms with van der Waals surface area (Å²) in [6.45, 7) is 6.42. The maximum absolute atomic E-state index is 13.7. The van der Waals surface area contributed by atoms with Crippen molar-refractivity contribution in [1.82, 2.24) is 35.4 Å². The number of benzene rings is 2.